The van der Waals surface area contributed by atoms with E-state index in [-0.39, 0.29) is 24.0 Å². The molecular formula is C18H26IN3O2S. The normalized spacial score (nSPS) is 10.8. The van der Waals surface area contributed by atoms with E-state index in [1.807, 2.05) is 18.2 Å². The number of hydrogen-bond donors (Lipinski definition) is 2. The Morgan fingerprint density at radius 1 is 1.12 bits per heavy atom. The van der Waals surface area contributed by atoms with Gasteiger partial charge in [-0.1, -0.05) is 0 Å². The summed E-state index contributed by atoms with van der Waals surface area (Å²) < 4.78 is 10.7. The minimum Gasteiger partial charge on any atom is -0.497 e. The molecule has 25 heavy (non-hydrogen) atoms. The number of nitrogens with one attached hydrogen (secondary N) is 2. The molecule has 0 aliphatic rings. The lowest BCUT2D eigenvalue weighted by Gasteiger charge is -2.13. The maximum Gasteiger partial charge on any atom is 0.191 e. The van der Waals surface area contributed by atoms with E-state index < -0.39 is 0 Å². The smallest absolute Gasteiger partial charge is 0.191 e. The first-order valence-electron chi connectivity index (χ1n) is 7.87. The molecular weight excluding hydrogens is 449 g/mol. The van der Waals surface area contributed by atoms with Crippen molar-refractivity contribution in [2.24, 2.45) is 4.99 Å². The van der Waals surface area contributed by atoms with E-state index in [1.165, 1.54) is 9.75 Å². The Morgan fingerprint density at radius 3 is 2.52 bits per heavy atom. The molecule has 0 fully saturated rings. The Morgan fingerprint density at radius 2 is 1.92 bits per heavy atom. The van der Waals surface area contributed by atoms with Gasteiger partial charge in [-0.05, 0) is 49.2 Å². The molecule has 2 rings (SSSR count). The highest BCUT2D eigenvalue weighted by molar-refractivity contribution is 14.0. The van der Waals surface area contributed by atoms with Crippen LogP contribution in [0.3, 0.4) is 0 Å². The molecule has 1 aromatic heterocycles. The van der Waals surface area contributed by atoms with Gasteiger partial charge in [-0.2, -0.15) is 0 Å². The number of rotatable bonds is 7. The minimum atomic E-state index is 0. The lowest BCUT2D eigenvalue weighted by atomic mass is 10.1. The summed E-state index contributed by atoms with van der Waals surface area (Å²) >= 11 is 1.79. The highest BCUT2D eigenvalue weighted by Crippen LogP contribution is 2.24. The second-order valence-corrected chi connectivity index (χ2v) is 6.67. The summed E-state index contributed by atoms with van der Waals surface area (Å²) in [5, 5.41) is 6.66. The number of nitrogens with zero attached hydrogens (tertiary/aromatic N) is 1. The van der Waals surface area contributed by atoms with Crippen LogP contribution < -0.4 is 20.1 Å². The van der Waals surface area contributed by atoms with Crippen molar-refractivity contribution in [2.45, 2.75) is 19.9 Å². The predicted molar refractivity (Wildman–Crippen MR) is 116 cm³/mol. The molecule has 1 heterocycles. The van der Waals surface area contributed by atoms with Crippen LogP contribution in [0, 0.1) is 6.92 Å². The molecule has 0 saturated carbocycles. The molecule has 0 unspecified atom stereocenters. The molecule has 0 spiro atoms. The van der Waals surface area contributed by atoms with Crippen molar-refractivity contribution >= 4 is 41.3 Å². The Labute approximate surface area is 170 Å². The molecule has 2 aromatic rings. The van der Waals surface area contributed by atoms with E-state index in [9.17, 15) is 0 Å². The van der Waals surface area contributed by atoms with Gasteiger partial charge in [0.15, 0.2) is 5.96 Å². The lowest BCUT2D eigenvalue weighted by molar-refractivity contribution is 0.398. The number of halogens is 1. The Balaban J connectivity index is 0.00000312. The average Bonchev–Trinajstić information content (AvgIpc) is 3.03. The predicted octanol–water partition coefficient (Wildman–Crippen LogP) is 3.60. The Kier molecular flexibility index (Phi) is 9.66. The third-order valence-corrected chi connectivity index (χ3v) is 4.62. The molecule has 0 aliphatic carbocycles. The van der Waals surface area contributed by atoms with Gasteiger partial charge in [-0.15, -0.1) is 35.3 Å². The molecule has 0 aliphatic heterocycles. The topological polar surface area (TPSA) is 54.9 Å². The van der Waals surface area contributed by atoms with Crippen LogP contribution in [0.1, 0.15) is 15.3 Å². The molecule has 0 atom stereocenters. The van der Waals surface area contributed by atoms with E-state index in [1.54, 1.807) is 32.6 Å². The van der Waals surface area contributed by atoms with Crippen molar-refractivity contribution in [3.05, 3.63) is 45.6 Å². The number of guanidine groups is 1. The van der Waals surface area contributed by atoms with Crippen LogP contribution >= 0.6 is 35.3 Å². The quantitative estimate of drug-likeness (QED) is 0.365. The number of ether oxygens (including phenoxy) is 2. The van der Waals surface area contributed by atoms with Gasteiger partial charge in [0.05, 0.1) is 20.8 Å². The molecule has 1 aromatic carbocycles. The summed E-state index contributed by atoms with van der Waals surface area (Å²) in [6.45, 7) is 3.65. The Bertz CT molecular complexity index is 689. The monoisotopic (exact) mass is 475 g/mol. The first-order valence-corrected chi connectivity index (χ1v) is 8.68. The lowest BCUT2D eigenvalue weighted by Crippen LogP contribution is -2.37. The van der Waals surface area contributed by atoms with E-state index in [4.69, 9.17) is 9.47 Å². The molecule has 7 heteroatoms. The number of hydrogen-bond acceptors (Lipinski definition) is 4. The fourth-order valence-electron chi connectivity index (χ4n) is 2.36. The van der Waals surface area contributed by atoms with Crippen LogP contribution in [0.25, 0.3) is 0 Å². The van der Waals surface area contributed by atoms with E-state index in [2.05, 4.69) is 34.7 Å². The number of methoxy groups -OCH3 is 2. The second kappa shape index (κ2) is 11.2. The number of aliphatic imine (C=N–C) groups is 1. The zero-order chi connectivity index (χ0) is 17.4. The van der Waals surface area contributed by atoms with Gasteiger partial charge >= 0.3 is 0 Å². The van der Waals surface area contributed by atoms with E-state index >= 15 is 0 Å². The van der Waals surface area contributed by atoms with Crippen molar-refractivity contribution in [3.8, 4) is 11.5 Å². The van der Waals surface area contributed by atoms with Gasteiger partial charge in [0.2, 0.25) is 0 Å². The van der Waals surface area contributed by atoms with Gasteiger partial charge in [0, 0.05) is 23.3 Å². The third-order valence-electron chi connectivity index (χ3n) is 3.62. The third kappa shape index (κ3) is 6.74. The van der Waals surface area contributed by atoms with Crippen molar-refractivity contribution < 1.29 is 9.47 Å². The highest BCUT2D eigenvalue weighted by atomic mass is 127. The summed E-state index contributed by atoms with van der Waals surface area (Å²) in [6.07, 6.45) is 0.819. The maximum atomic E-state index is 5.41. The van der Waals surface area contributed by atoms with Crippen LogP contribution in [0.5, 0.6) is 11.5 Å². The zero-order valence-corrected chi connectivity index (χ0v) is 18.2. The fourth-order valence-corrected chi connectivity index (χ4v) is 3.19. The molecule has 0 bridgehead atoms. The van der Waals surface area contributed by atoms with Crippen LogP contribution in [0.4, 0.5) is 0 Å². The molecule has 0 radical (unpaired) electrons. The standard InChI is InChI=1S/C18H25N3O2S.HI/c1-13-5-7-16(24-13)12-21-18(19-2)20-10-9-14-11-15(22-3)6-8-17(14)23-4;/h5-8,11H,9-10,12H2,1-4H3,(H2,19,20,21);1H. The van der Waals surface area contributed by atoms with Gasteiger partial charge in [-0.3, -0.25) is 4.99 Å². The summed E-state index contributed by atoms with van der Waals surface area (Å²) in [5.41, 5.74) is 1.11. The first-order chi connectivity index (χ1) is 11.7. The molecule has 0 amide bonds. The number of benzene rings is 1. The summed E-state index contributed by atoms with van der Waals surface area (Å²) in [5.74, 6) is 2.50. The minimum absolute atomic E-state index is 0. The largest absolute Gasteiger partial charge is 0.497 e. The van der Waals surface area contributed by atoms with Crippen LogP contribution in [0.15, 0.2) is 35.3 Å². The summed E-state index contributed by atoms with van der Waals surface area (Å²) in [6, 6.07) is 10.1. The number of aryl methyl sites for hydroxylation is 1. The van der Waals surface area contributed by atoms with E-state index in [0.29, 0.717) is 0 Å². The summed E-state index contributed by atoms with van der Waals surface area (Å²) in [4.78, 5) is 6.88. The SMILES string of the molecule is CN=C(NCCc1cc(OC)ccc1OC)NCc1ccc(C)s1.I. The average molecular weight is 475 g/mol. The van der Waals surface area contributed by atoms with Gasteiger partial charge < -0.3 is 20.1 Å². The van der Waals surface area contributed by atoms with Crippen molar-refractivity contribution in [1.29, 1.82) is 0 Å². The van der Waals surface area contributed by atoms with Crippen molar-refractivity contribution in [3.63, 3.8) is 0 Å². The first kappa shape index (κ1) is 21.6. The van der Waals surface area contributed by atoms with E-state index in [0.717, 1.165) is 42.5 Å². The van der Waals surface area contributed by atoms with Gasteiger partial charge in [0.25, 0.3) is 0 Å². The molecule has 0 saturated heterocycles. The maximum absolute atomic E-state index is 5.41. The highest BCUT2D eigenvalue weighted by Gasteiger charge is 2.06. The summed E-state index contributed by atoms with van der Waals surface area (Å²) in [7, 11) is 5.13. The van der Waals surface area contributed by atoms with Crippen molar-refractivity contribution in [2.75, 3.05) is 27.8 Å². The van der Waals surface area contributed by atoms with Crippen LogP contribution in [-0.4, -0.2) is 33.8 Å². The Hall–Kier alpha value is -1.48. The molecule has 138 valence electrons. The van der Waals surface area contributed by atoms with Gasteiger partial charge in [-0.25, -0.2) is 0 Å². The zero-order valence-electron chi connectivity index (χ0n) is 15.1. The molecule has 5 nitrogen and oxygen atoms in total. The van der Waals surface area contributed by atoms with Crippen LogP contribution in [-0.2, 0) is 13.0 Å². The molecule has 2 N–H and O–H groups in total. The second-order valence-electron chi connectivity index (χ2n) is 5.29. The van der Waals surface area contributed by atoms with Gasteiger partial charge in [0.1, 0.15) is 11.5 Å². The number of thiophene rings is 1. The van der Waals surface area contributed by atoms with Crippen molar-refractivity contribution in [1.82, 2.24) is 10.6 Å². The van der Waals surface area contributed by atoms with Crippen LogP contribution in [0.2, 0.25) is 0 Å². The fraction of sp³-hybridized carbons (Fsp3) is 0.389.